The van der Waals surface area contributed by atoms with Crippen molar-refractivity contribution in [2.45, 2.75) is 295 Å². The van der Waals surface area contributed by atoms with Gasteiger partial charge in [0.25, 0.3) is 5.97 Å². The molecule has 41 heteroatoms. The lowest BCUT2D eigenvalue weighted by Gasteiger charge is -2.50. The Hall–Kier alpha value is -4.08. The summed E-state index contributed by atoms with van der Waals surface area (Å²) in [6.07, 6.45) is -40.4. The molecule has 11 aliphatic rings. The molecule has 0 radical (unpaired) electrons. The third-order valence-electron chi connectivity index (χ3n) is 22.6. The Labute approximate surface area is 646 Å². The van der Waals surface area contributed by atoms with Gasteiger partial charge in [0.15, 0.2) is 73.1 Å². The molecule has 13 rings (SSSR count). The highest BCUT2D eigenvalue weighted by atomic mass is 35.5. The zero-order chi connectivity index (χ0) is 80.2. The Balaban J connectivity index is 0.644. The molecule has 2 aromatic carbocycles. The average Bonchev–Trinajstić information content (AvgIpc) is 1.58. The molecule has 39 nitrogen and oxygen atoms in total. The lowest BCUT2D eigenvalue weighted by molar-refractivity contribution is -1.09. The first-order valence-electron chi connectivity index (χ1n) is 36.4. The zero-order valence-corrected chi connectivity index (χ0v) is 64.6. The molecule has 0 amide bonds. The topological polar surface area (TPSA) is 484 Å². The number of methoxy groups -OCH3 is 5. The van der Waals surface area contributed by atoms with Gasteiger partial charge in [-0.05, 0) is 79.5 Å². The number of aliphatic hydroxyl groups excluding tert-OH is 5. The molecular weight excluding hydrogens is 1530 g/mol. The first-order chi connectivity index (χ1) is 52.6. The van der Waals surface area contributed by atoms with Crippen molar-refractivity contribution in [3.8, 4) is 23.0 Å². The number of nitrogens with one attached hydrogen (secondary N) is 1. The number of hydrogen-bond acceptors (Lipinski definition) is 38. The fourth-order valence-corrected chi connectivity index (χ4v) is 17.6. The lowest BCUT2D eigenvalue weighted by Crippen LogP contribution is -3.16. The minimum absolute atomic E-state index is 0.0797. The minimum Gasteiger partial charge on any atom is -0.600 e. The van der Waals surface area contributed by atoms with Crippen molar-refractivity contribution >= 4 is 35.1 Å². The number of aliphatic hydroxyl groups is 5. The number of halogens is 2. The highest BCUT2D eigenvalue weighted by molar-refractivity contribution is 6.39. The molecule has 1 unspecified atom stereocenters. The van der Waals surface area contributed by atoms with Gasteiger partial charge in [0.2, 0.25) is 0 Å². The largest absolute Gasteiger partial charge is 0.600 e. The van der Waals surface area contributed by atoms with E-state index in [0.29, 0.717) is 0 Å². The van der Waals surface area contributed by atoms with Crippen molar-refractivity contribution in [2.75, 3.05) is 62.2 Å². The molecule has 0 aliphatic carbocycles. The maximum atomic E-state index is 14.3. The number of carbonyl (C=O) groups excluding carboxylic acids is 2. The number of phenols is 3. The van der Waals surface area contributed by atoms with Gasteiger partial charge < -0.3 is 169 Å². The van der Waals surface area contributed by atoms with Crippen LogP contribution in [0.25, 0.3) is 0 Å². The molecule has 11 aliphatic heterocycles. The third-order valence-corrected chi connectivity index (χ3v) is 23.4. The molecule has 0 aromatic heterocycles. The number of phenolic OH excluding ortho intramolecular Hbond substituents is 3. The van der Waals surface area contributed by atoms with Gasteiger partial charge in [-0.15, -0.1) is 0 Å². The Bertz CT molecular complexity index is 3580. The van der Waals surface area contributed by atoms with E-state index < -0.39 is 249 Å². The molecule has 2 spiro atoms. The molecule has 11 fully saturated rings. The van der Waals surface area contributed by atoms with Crippen LogP contribution in [0.1, 0.15) is 99.6 Å². The Morgan fingerprint density at radius 2 is 1.31 bits per heavy atom. The van der Waals surface area contributed by atoms with Gasteiger partial charge in [-0.3, -0.25) is 0 Å². The lowest BCUT2D eigenvalue weighted by atomic mass is 9.85. The number of esters is 2. The number of aromatic hydroxyl groups is 3. The summed E-state index contributed by atoms with van der Waals surface area (Å²) < 4.78 is 160. The zero-order valence-electron chi connectivity index (χ0n) is 63.1. The van der Waals surface area contributed by atoms with E-state index in [1.807, 2.05) is 0 Å². The molecule has 11 saturated heterocycles. The van der Waals surface area contributed by atoms with E-state index in [4.69, 9.17) is 146 Å². The molecule has 111 heavy (non-hydrogen) atoms. The Morgan fingerprint density at radius 1 is 0.613 bits per heavy atom. The summed E-state index contributed by atoms with van der Waals surface area (Å²) >= 11 is 12.8. The van der Waals surface area contributed by atoms with Crippen molar-refractivity contribution < 1.29 is 184 Å². The molecule has 626 valence electrons. The van der Waals surface area contributed by atoms with Crippen LogP contribution in [0.5, 0.6) is 23.0 Å². The van der Waals surface area contributed by atoms with E-state index in [9.17, 15) is 60.9 Å². The minimum atomic E-state index is -2.06. The number of ether oxygens (including phenoxy) is 26. The van der Waals surface area contributed by atoms with E-state index in [0.717, 1.165) is 6.07 Å². The second-order valence-electron chi connectivity index (χ2n) is 30.0. The van der Waals surface area contributed by atoms with Crippen LogP contribution < -0.4 is 9.96 Å². The third kappa shape index (κ3) is 15.7. The van der Waals surface area contributed by atoms with Crippen LogP contribution in [0, 0.1) is 19.1 Å². The van der Waals surface area contributed by atoms with Crippen LogP contribution in [-0.2, 0) is 118 Å². The van der Waals surface area contributed by atoms with Crippen LogP contribution in [-0.4, -0.2) is 334 Å². The van der Waals surface area contributed by atoms with E-state index in [1.54, 1.807) is 34.6 Å². The molecule has 0 bridgehead atoms. The van der Waals surface area contributed by atoms with Gasteiger partial charge in [0, 0.05) is 40.9 Å². The molecule has 2 aromatic rings. The van der Waals surface area contributed by atoms with Gasteiger partial charge >= 0.3 is 17.9 Å². The number of carbonyl (C=O) groups is 2. The predicted octanol–water partition coefficient (Wildman–Crippen LogP) is -0.243. The van der Waals surface area contributed by atoms with Crippen molar-refractivity contribution in [1.29, 1.82) is 0 Å². The average molecular weight is 1630 g/mol. The molecular formula is C70H99Cl2NO38. The van der Waals surface area contributed by atoms with E-state index >= 15 is 0 Å². The smallest absolute Gasteiger partial charge is 0.342 e. The summed E-state index contributed by atoms with van der Waals surface area (Å²) in [5, 5.41) is 114. The fourth-order valence-electron chi connectivity index (χ4n) is 17.1. The number of quaternary nitrogens is 1. The van der Waals surface area contributed by atoms with Crippen molar-refractivity contribution in [2.24, 2.45) is 0 Å². The summed E-state index contributed by atoms with van der Waals surface area (Å²) in [5.74, 6) is -7.50. The maximum Gasteiger partial charge on any atom is 0.342 e. The monoisotopic (exact) mass is 1630 g/mol. The molecule has 0 saturated carbocycles. The van der Waals surface area contributed by atoms with Crippen LogP contribution in [0.2, 0.25) is 10.0 Å². The second kappa shape index (κ2) is 33.4. The quantitative estimate of drug-likeness (QED) is 0.0569. The summed E-state index contributed by atoms with van der Waals surface area (Å²) in [5.41, 5.74) is -3.32. The van der Waals surface area contributed by atoms with E-state index in [-0.39, 0.29) is 83.3 Å². The number of fused-ring (bicyclic) bond motifs is 4. The first-order valence-corrected chi connectivity index (χ1v) is 37.2. The summed E-state index contributed by atoms with van der Waals surface area (Å²) in [6, 6.07) is 2.29. The van der Waals surface area contributed by atoms with E-state index in [1.165, 1.54) is 69.3 Å². The second-order valence-corrected chi connectivity index (χ2v) is 30.7. The Kier molecular flexibility index (Phi) is 25.5. The SMILES string of the molecule is COC[C@H]1O[C@@H](O[C@@H]2OC[C@H]3O[C@]4(OC[C@H](OC(=O)c5c(C)cc(O)cc5O)[C@H]5OCO[C@@H]54)O[C@H]3[C@H]2O)[C@@H](OC)[C@@H](O)[C@@H]1O[C@@H]1O[C@H](C)[C@H](OC)[C@H](O[C@@H]2O[C@H](C)[C@H]3O[C@]4(C[C@@H](O)[C@H](O[C@H]5C[C@@H](O[C@H]6C[C@](C)([NH+]([O-])O)[C@@H](OC)[C@H](C)O6)[C@H](OC(=O)c6c(C)c(Cl)c(O)c(Cl)c6OC)[C@@H](C)O5)[C@@H](C)O4)O[C@]3(C)[C@@H]2O)[C@H]1O. The van der Waals surface area contributed by atoms with Crippen molar-refractivity contribution in [3.63, 3.8) is 0 Å². The Morgan fingerprint density at radius 3 is 1.98 bits per heavy atom. The van der Waals surface area contributed by atoms with Gasteiger partial charge in [-0.25, -0.2) is 20.0 Å². The molecule has 10 N–H and O–H groups in total. The number of hydrogen-bond donors (Lipinski definition) is 10. The molecule has 11 heterocycles. The first kappa shape index (κ1) is 84.8. The number of hydroxylamine groups is 2. The van der Waals surface area contributed by atoms with Crippen molar-refractivity contribution in [3.05, 3.63) is 49.6 Å². The van der Waals surface area contributed by atoms with Gasteiger partial charge in [0.05, 0.1) is 81.4 Å². The van der Waals surface area contributed by atoms with Crippen LogP contribution in [0.3, 0.4) is 0 Å². The maximum absolute atomic E-state index is 14.3. The fraction of sp³-hybridized carbons (Fsp3) is 0.800. The highest BCUT2D eigenvalue weighted by Crippen LogP contribution is 2.53. The van der Waals surface area contributed by atoms with Crippen LogP contribution >= 0.6 is 23.2 Å². The summed E-state index contributed by atoms with van der Waals surface area (Å²) in [4.78, 5) is 27.6. The van der Waals surface area contributed by atoms with Crippen molar-refractivity contribution in [1.82, 2.24) is 0 Å². The standard InChI is InChI=1S/C70H99Cl2NO38/c1-24-15-31(74)16-32(75)40(24)61(82)100-36-22-94-70(60-53(36)92-23-93-60)108-37-21-91-63(46(79)52(37)109-70)106-65-56(89-13)45(78)51(35(101-65)20-86-10)104-64-47(80)55(50(87-11)27(4)97-64)105-66-57(81)68(9)59(30(7)98-66)110-69(111-68)18-33(76)48(28(5)107-69)102-38-17-34(99-39-19-67(8,73(84)85)58(90-14)29(6)96-39)49(26(3)95-38)103-62(83)41-25(2)42(71)44(77)43(72)54(41)88-12/h15-16,26-30,33-39,45-53,55-60,63-66,73-81,84H,17-23H2,1-14H3/t26-,27-,28-,29+,30-,33-,34-,35-,36+,37-,38+,39+,45+,46-,47-,48-,49-,50+,51-,52-,53-,55-,56+,57-,58+,59-,60+,63+,64+,65+,66+,67+,68-,69-,70+/m1/s1. The van der Waals surface area contributed by atoms with Gasteiger partial charge in [-0.2, -0.15) is 0 Å². The van der Waals surface area contributed by atoms with Crippen LogP contribution in [0.4, 0.5) is 0 Å². The normalized spacial score (nSPS) is 46.0. The summed E-state index contributed by atoms with van der Waals surface area (Å²) in [7, 11) is 6.58. The summed E-state index contributed by atoms with van der Waals surface area (Å²) in [6.45, 7) is 12.9. The van der Waals surface area contributed by atoms with Gasteiger partial charge in [0.1, 0.15) is 138 Å². The number of rotatable bonds is 21. The van der Waals surface area contributed by atoms with Crippen LogP contribution in [0.15, 0.2) is 12.1 Å². The number of benzene rings is 2. The molecule has 36 atom stereocenters. The highest BCUT2D eigenvalue weighted by Gasteiger charge is 2.70. The van der Waals surface area contributed by atoms with E-state index in [2.05, 4.69) is 0 Å². The van der Waals surface area contributed by atoms with Gasteiger partial charge in [-0.1, -0.05) is 23.2 Å². The predicted molar refractivity (Wildman–Crippen MR) is 362 cm³/mol. The number of aryl methyl sites for hydroxylation is 1.